The van der Waals surface area contributed by atoms with Crippen molar-refractivity contribution in [3.05, 3.63) is 39.8 Å². The Morgan fingerprint density at radius 2 is 1.73 bits per heavy atom. The first-order valence-electron chi connectivity index (χ1n) is 16.7. The minimum Gasteiger partial charge on any atom is -0.506 e. The van der Waals surface area contributed by atoms with Crippen molar-refractivity contribution in [1.29, 1.82) is 0 Å². The second kappa shape index (κ2) is 19.2. The molecule has 0 bridgehead atoms. The number of hydrogen-bond donors (Lipinski definition) is 5. The van der Waals surface area contributed by atoms with E-state index in [1.165, 1.54) is 13.0 Å². The molecular formula is C35H53N5O8S. The molecule has 2 rings (SSSR count). The summed E-state index contributed by atoms with van der Waals surface area (Å²) in [6, 6.07) is 3.23. The molecule has 14 heteroatoms. The molecule has 3 amide bonds. The van der Waals surface area contributed by atoms with Gasteiger partial charge in [-0.1, -0.05) is 47.1 Å². The molecule has 1 heterocycles. The third kappa shape index (κ3) is 12.7. The number of aromatic nitrogens is 1. The van der Waals surface area contributed by atoms with Gasteiger partial charge in [0.05, 0.1) is 17.6 Å². The summed E-state index contributed by atoms with van der Waals surface area (Å²) in [5, 5.41) is 30.3. The molecule has 2 aromatic rings. The van der Waals surface area contributed by atoms with Crippen LogP contribution in [0.2, 0.25) is 0 Å². The van der Waals surface area contributed by atoms with E-state index >= 15 is 0 Å². The zero-order valence-corrected chi connectivity index (χ0v) is 30.8. The molecule has 1 aromatic heterocycles. The number of aromatic hydroxyl groups is 1. The summed E-state index contributed by atoms with van der Waals surface area (Å²) >= 11 is 1.16. The number of esters is 1. The molecule has 6 atom stereocenters. The molecule has 13 nitrogen and oxygen atoms in total. The summed E-state index contributed by atoms with van der Waals surface area (Å²) in [5.74, 6) is -3.07. The number of phenolic OH excluding ortho intramolecular Hbond substituents is 1. The third-order valence-corrected chi connectivity index (χ3v) is 9.63. The normalized spacial score (nSPS) is 15.0. The highest BCUT2D eigenvalue weighted by Gasteiger charge is 2.31. The van der Waals surface area contributed by atoms with Crippen molar-refractivity contribution in [3.8, 4) is 5.75 Å². The van der Waals surface area contributed by atoms with E-state index in [4.69, 9.17) is 4.74 Å². The van der Waals surface area contributed by atoms with Crippen LogP contribution in [0, 0.1) is 17.8 Å². The van der Waals surface area contributed by atoms with E-state index in [-0.39, 0.29) is 59.7 Å². The Morgan fingerprint density at radius 1 is 1.06 bits per heavy atom. The maximum absolute atomic E-state index is 13.5. The number of carboxylic acids is 1. The number of anilines is 1. The zero-order valence-electron chi connectivity index (χ0n) is 30.0. The molecule has 0 saturated carbocycles. The molecule has 0 spiro atoms. The van der Waals surface area contributed by atoms with Crippen LogP contribution >= 0.6 is 11.3 Å². The van der Waals surface area contributed by atoms with Gasteiger partial charge in [0.25, 0.3) is 5.91 Å². The van der Waals surface area contributed by atoms with Gasteiger partial charge in [-0.15, -0.1) is 11.3 Å². The fourth-order valence-electron chi connectivity index (χ4n) is 5.25. The molecule has 272 valence electrons. The monoisotopic (exact) mass is 703 g/mol. The summed E-state index contributed by atoms with van der Waals surface area (Å²) in [4.78, 5) is 69.1. The lowest BCUT2D eigenvalue weighted by molar-refractivity contribution is -0.148. The van der Waals surface area contributed by atoms with Gasteiger partial charge in [-0.3, -0.25) is 24.0 Å². The van der Waals surface area contributed by atoms with E-state index in [2.05, 4.69) is 20.9 Å². The minimum absolute atomic E-state index is 0.00566. The molecule has 1 unspecified atom stereocenters. The zero-order chi connectivity index (χ0) is 37.0. The van der Waals surface area contributed by atoms with Crippen molar-refractivity contribution in [3.63, 3.8) is 0 Å². The number of carbonyl (C=O) groups is 5. The van der Waals surface area contributed by atoms with Crippen LogP contribution in [0.25, 0.3) is 0 Å². The molecule has 5 N–H and O–H groups in total. The Balaban J connectivity index is 2.32. The number of amides is 3. The maximum atomic E-state index is 13.5. The minimum atomic E-state index is -1.02. The predicted octanol–water partition coefficient (Wildman–Crippen LogP) is 4.76. The molecule has 0 aliphatic heterocycles. The second-order valence-electron chi connectivity index (χ2n) is 13.1. The van der Waals surface area contributed by atoms with Crippen molar-refractivity contribution in [1.82, 2.24) is 20.5 Å². The largest absolute Gasteiger partial charge is 0.506 e. The van der Waals surface area contributed by atoms with Crippen molar-refractivity contribution >= 4 is 46.7 Å². The van der Waals surface area contributed by atoms with Gasteiger partial charge in [0, 0.05) is 44.3 Å². The number of phenols is 1. The van der Waals surface area contributed by atoms with Gasteiger partial charge in [-0.25, -0.2) is 4.98 Å². The van der Waals surface area contributed by atoms with Gasteiger partial charge in [-0.05, 0) is 56.3 Å². The lowest BCUT2D eigenvalue weighted by atomic mass is 9.95. The summed E-state index contributed by atoms with van der Waals surface area (Å²) in [5.41, 5.74) is 0.911. The highest BCUT2D eigenvalue weighted by atomic mass is 32.1. The van der Waals surface area contributed by atoms with Gasteiger partial charge in [0.15, 0.2) is 6.10 Å². The van der Waals surface area contributed by atoms with Crippen LogP contribution in [0.1, 0.15) is 101 Å². The Bertz CT molecular complexity index is 1450. The van der Waals surface area contributed by atoms with E-state index in [0.29, 0.717) is 23.4 Å². The maximum Gasteiger partial charge on any atom is 0.306 e. The number of carbonyl (C=O) groups excluding carboxylic acids is 4. The topological polar surface area (TPSA) is 187 Å². The van der Waals surface area contributed by atoms with Crippen LogP contribution in [-0.4, -0.2) is 82.0 Å². The Hall–Kier alpha value is -4.04. The fourth-order valence-corrected chi connectivity index (χ4v) is 6.09. The quantitative estimate of drug-likeness (QED) is 0.101. The number of nitrogens with zero attached hydrogens (tertiary/aromatic N) is 2. The highest BCUT2D eigenvalue weighted by Crippen LogP contribution is 2.31. The van der Waals surface area contributed by atoms with Crippen LogP contribution in [0.3, 0.4) is 0 Å². The van der Waals surface area contributed by atoms with E-state index in [1.54, 1.807) is 50.4 Å². The van der Waals surface area contributed by atoms with Gasteiger partial charge in [-0.2, -0.15) is 0 Å². The smallest absolute Gasteiger partial charge is 0.306 e. The second-order valence-corrected chi connectivity index (χ2v) is 14.0. The third-order valence-electron chi connectivity index (χ3n) is 8.70. The van der Waals surface area contributed by atoms with Crippen molar-refractivity contribution < 1.29 is 38.9 Å². The summed E-state index contributed by atoms with van der Waals surface area (Å²) in [6.45, 7) is 12.6. The number of aliphatic carboxylic acids is 1. The van der Waals surface area contributed by atoms with Crippen LogP contribution in [-0.2, 0) is 30.3 Å². The summed E-state index contributed by atoms with van der Waals surface area (Å²) in [7, 11) is 3.39. The van der Waals surface area contributed by atoms with Crippen LogP contribution in [0.5, 0.6) is 5.75 Å². The molecule has 0 radical (unpaired) electrons. The summed E-state index contributed by atoms with van der Waals surface area (Å²) < 4.78 is 5.67. The molecule has 1 aromatic carbocycles. The number of hydrogen-bond acceptors (Lipinski definition) is 10. The number of ether oxygens (including phenoxy) is 1. The molecule has 0 aliphatic carbocycles. The Labute approximate surface area is 293 Å². The van der Waals surface area contributed by atoms with Crippen LogP contribution in [0.15, 0.2) is 23.6 Å². The first-order chi connectivity index (χ1) is 23.0. The Kier molecular flexibility index (Phi) is 16.1. The molecule has 0 fully saturated rings. The standard InChI is InChI=1S/C35H53N5O8S/c1-10-20(4)13-31(43)40(9)28(19(2)3)17-30(48-23(7)41)34-39-27(18-49-34)33(45)37-25(14-21(5)35(46)47)15-24-11-12-29(42)26(16-24)38-32(44)22(6)36-8/h11-12,16,18-22,25,28,30,36,42H,10,13-15,17H2,1-9H3,(H,37,45)(H,38,44)(H,46,47)/t20-,21-,22-,25+,28?,30+/m0/s1. The number of likely N-dealkylation sites (N-methyl/N-ethyl adjacent to an activating group) is 1. The highest BCUT2D eigenvalue weighted by molar-refractivity contribution is 7.09. The predicted molar refractivity (Wildman–Crippen MR) is 188 cm³/mol. The average Bonchev–Trinajstić information content (AvgIpc) is 3.53. The van der Waals surface area contributed by atoms with Crippen LogP contribution in [0.4, 0.5) is 5.69 Å². The van der Waals surface area contributed by atoms with Crippen molar-refractivity contribution in [2.45, 2.75) is 105 Å². The van der Waals surface area contributed by atoms with E-state index in [0.717, 1.165) is 17.8 Å². The first kappa shape index (κ1) is 41.1. The van der Waals surface area contributed by atoms with E-state index in [9.17, 15) is 34.2 Å². The van der Waals surface area contributed by atoms with Crippen molar-refractivity contribution in [2.75, 3.05) is 19.4 Å². The van der Waals surface area contributed by atoms with Gasteiger partial charge in [0.2, 0.25) is 11.8 Å². The molecule has 49 heavy (non-hydrogen) atoms. The number of nitrogens with one attached hydrogen (secondary N) is 3. The number of benzene rings is 1. The number of rotatable bonds is 19. The van der Waals surface area contributed by atoms with E-state index < -0.39 is 42.0 Å². The van der Waals surface area contributed by atoms with Gasteiger partial charge < -0.3 is 35.8 Å². The van der Waals surface area contributed by atoms with Gasteiger partial charge in [0.1, 0.15) is 16.5 Å². The van der Waals surface area contributed by atoms with Crippen LogP contribution < -0.4 is 16.0 Å². The lowest BCUT2D eigenvalue weighted by Gasteiger charge is -2.34. The van der Waals surface area contributed by atoms with Crippen molar-refractivity contribution in [2.24, 2.45) is 17.8 Å². The molecule has 0 aliphatic rings. The van der Waals surface area contributed by atoms with E-state index in [1.807, 2.05) is 27.7 Å². The Morgan fingerprint density at radius 3 is 2.31 bits per heavy atom. The van der Waals surface area contributed by atoms with Gasteiger partial charge >= 0.3 is 11.9 Å². The number of thiazole rings is 1. The lowest BCUT2D eigenvalue weighted by Crippen LogP contribution is -2.42. The molecule has 0 saturated heterocycles. The molecular weight excluding hydrogens is 650 g/mol. The first-order valence-corrected chi connectivity index (χ1v) is 17.6. The number of carboxylic acid groups (broad SMARTS) is 1. The average molecular weight is 704 g/mol. The SMILES string of the molecule is CC[C@H](C)CC(=O)N(C)C(C[C@@H](OC(C)=O)c1nc(C(=O)N[C@@H](Cc2ccc(O)c(NC(=O)[C@H](C)NC)c2)C[C@H](C)C(=O)O)cs1)C(C)C. The fraction of sp³-hybridized carbons (Fsp3) is 0.600. The summed E-state index contributed by atoms with van der Waals surface area (Å²) in [6.07, 6.45) is 1.09.